The van der Waals surface area contributed by atoms with Gasteiger partial charge >= 0.3 is 0 Å². The Bertz CT molecular complexity index is 1210. The molecule has 1 N–H and O–H groups in total. The third-order valence-corrected chi connectivity index (χ3v) is 8.46. The molecule has 11 nitrogen and oxygen atoms in total. The van der Waals surface area contributed by atoms with Crippen LogP contribution in [-0.4, -0.2) is 94.8 Å². The van der Waals surface area contributed by atoms with Crippen LogP contribution >= 0.6 is 0 Å². The highest BCUT2D eigenvalue weighted by Gasteiger charge is 2.28. The molecule has 3 rings (SSSR count). The smallest absolute Gasteiger partial charge is 0.261 e. The fourth-order valence-electron chi connectivity index (χ4n) is 4.13. The number of morpholine rings is 1. The highest BCUT2D eigenvalue weighted by molar-refractivity contribution is 7.89. The molecule has 1 heterocycles. The maximum atomic E-state index is 13.3. The van der Waals surface area contributed by atoms with E-state index in [0.717, 1.165) is 5.56 Å². The maximum absolute atomic E-state index is 13.3. The molecule has 2 aromatic carbocycles. The number of nitrogens with one attached hydrogen (secondary N) is 1. The number of hydrogen-bond donors (Lipinski definition) is 1. The van der Waals surface area contributed by atoms with Crippen molar-refractivity contribution in [2.45, 2.75) is 50.8 Å². The monoisotopic (exact) mass is 591 g/mol. The van der Waals surface area contributed by atoms with Crippen LogP contribution in [0.5, 0.6) is 11.5 Å². The van der Waals surface area contributed by atoms with Crippen molar-refractivity contribution in [2.75, 3.05) is 53.2 Å². The molecule has 0 spiro atoms. The van der Waals surface area contributed by atoms with Gasteiger partial charge in [0.25, 0.3) is 5.91 Å². The summed E-state index contributed by atoms with van der Waals surface area (Å²) in [6.45, 7) is 7.72. The predicted molar refractivity (Wildman–Crippen MR) is 153 cm³/mol. The first-order valence-corrected chi connectivity index (χ1v) is 15.2. The Morgan fingerprint density at radius 1 is 1.00 bits per heavy atom. The van der Waals surface area contributed by atoms with Gasteiger partial charge in [-0.15, -0.1) is 0 Å². The van der Waals surface area contributed by atoms with Crippen LogP contribution in [-0.2, 0) is 35.6 Å². The minimum atomic E-state index is -3.64. The second kappa shape index (κ2) is 15.7. The van der Waals surface area contributed by atoms with E-state index in [0.29, 0.717) is 57.4 Å². The summed E-state index contributed by atoms with van der Waals surface area (Å²) in [6, 6.07) is 12.4. The SMILES string of the molecule is COc1ccc(CN(C(=O)COc2ccc(S(=O)(=O)N3CCOCC3)cc2)[C@@H](C)C(=O)NCCCOC(C)C)cc1. The first-order valence-electron chi connectivity index (χ1n) is 13.7. The van der Waals surface area contributed by atoms with Crippen molar-refractivity contribution in [2.24, 2.45) is 0 Å². The van der Waals surface area contributed by atoms with Crippen LogP contribution in [0.2, 0.25) is 0 Å². The average Bonchev–Trinajstić information content (AvgIpc) is 2.98. The number of nitrogens with zero attached hydrogens (tertiary/aromatic N) is 2. The molecule has 0 saturated carbocycles. The van der Waals surface area contributed by atoms with E-state index in [9.17, 15) is 18.0 Å². The highest BCUT2D eigenvalue weighted by Crippen LogP contribution is 2.21. The molecule has 1 aliphatic rings. The van der Waals surface area contributed by atoms with Crippen LogP contribution in [0, 0.1) is 0 Å². The Morgan fingerprint density at radius 2 is 1.63 bits per heavy atom. The van der Waals surface area contributed by atoms with Crippen LogP contribution in [0.25, 0.3) is 0 Å². The first-order chi connectivity index (χ1) is 19.6. The van der Waals surface area contributed by atoms with E-state index in [1.54, 1.807) is 26.2 Å². The van der Waals surface area contributed by atoms with Gasteiger partial charge in [0.2, 0.25) is 15.9 Å². The molecule has 0 radical (unpaired) electrons. The molecule has 12 heteroatoms. The minimum Gasteiger partial charge on any atom is -0.497 e. The van der Waals surface area contributed by atoms with E-state index in [4.69, 9.17) is 18.9 Å². The van der Waals surface area contributed by atoms with Crippen molar-refractivity contribution in [3.63, 3.8) is 0 Å². The zero-order valence-corrected chi connectivity index (χ0v) is 25.0. The number of sulfonamides is 1. The van der Waals surface area contributed by atoms with Crippen molar-refractivity contribution in [3.8, 4) is 11.5 Å². The summed E-state index contributed by atoms with van der Waals surface area (Å²) in [5, 5.41) is 2.87. The second-order valence-electron chi connectivity index (χ2n) is 9.89. The third-order valence-electron chi connectivity index (χ3n) is 6.54. The van der Waals surface area contributed by atoms with Crippen molar-refractivity contribution >= 4 is 21.8 Å². The Morgan fingerprint density at radius 3 is 2.24 bits per heavy atom. The molecule has 0 bridgehead atoms. The Balaban J connectivity index is 1.64. The van der Waals surface area contributed by atoms with Crippen molar-refractivity contribution in [1.29, 1.82) is 0 Å². The molecule has 1 aliphatic heterocycles. The molecular weight excluding hydrogens is 550 g/mol. The topological polar surface area (TPSA) is 124 Å². The van der Waals surface area contributed by atoms with E-state index in [1.165, 1.54) is 33.5 Å². The summed E-state index contributed by atoms with van der Waals surface area (Å²) in [5.41, 5.74) is 0.821. The molecular formula is C29H41N3O8S. The van der Waals surface area contributed by atoms with Crippen molar-refractivity contribution in [1.82, 2.24) is 14.5 Å². The molecule has 1 fully saturated rings. The third kappa shape index (κ3) is 9.70. The Kier molecular flexibility index (Phi) is 12.4. The fourth-order valence-corrected chi connectivity index (χ4v) is 5.54. The van der Waals surface area contributed by atoms with Gasteiger partial charge in [-0.2, -0.15) is 4.31 Å². The summed E-state index contributed by atoms with van der Waals surface area (Å²) in [7, 11) is -2.06. The van der Waals surface area contributed by atoms with Crippen LogP contribution in [0.1, 0.15) is 32.8 Å². The van der Waals surface area contributed by atoms with Crippen molar-refractivity contribution in [3.05, 3.63) is 54.1 Å². The van der Waals surface area contributed by atoms with Gasteiger partial charge in [0.1, 0.15) is 17.5 Å². The van der Waals surface area contributed by atoms with E-state index < -0.39 is 22.0 Å². The number of hydrogen-bond acceptors (Lipinski definition) is 8. The molecule has 0 aromatic heterocycles. The van der Waals surface area contributed by atoms with Gasteiger partial charge in [0.05, 0.1) is 31.3 Å². The number of carbonyl (C=O) groups is 2. The molecule has 0 unspecified atom stereocenters. The number of amides is 2. The van der Waals surface area contributed by atoms with E-state index in [-0.39, 0.29) is 30.1 Å². The number of rotatable bonds is 15. The summed E-state index contributed by atoms with van der Waals surface area (Å²) < 4.78 is 48.8. The predicted octanol–water partition coefficient (Wildman–Crippen LogP) is 2.44. The first kappa shape index (κ1) is 32.3. The number of ether oxygens (including phenoxy) is 4. The van der Waals surface area contributed by atoms with Crippen LogP contribution in [0.4, 0.5) is 0 Å². The molecule has 226 valence electrons. The van der Waals surface area contributed by atoms with Gasteiger partial charge in [0.15, 0.2) is 6.61 Å². The number of carbonyl (C=O) groups excluding carboxylic acids is 2. The van der Waals surface area contributed by atoms with Gasteiger partial charge in [-0.1, -0.05) is 12.1 Å². The minimum absolute atomic E-state index is 0.118. The van der Waals surface area contributed by atoms with Gasteiger partial charge in [-0.05, 0) is 69.2 Å². The number of benzene rings is 2. The lowest BCUT2D eigenvalue weighted by Crippen LogP contribution is -2.49. The molecule has 41 heavy (non-hydrogen) atoms. The van der Waals surface area contributed by atoms with Crippen LogP contribution < -0.4 is 14.8 Å². The number of methoxy groups -OCH3 is 1. The lowest BCUT2D eigenvalue weighted by Gasteiger charge is -2.29. The zero-order valence-electron chi connectivity index (χ0n) is 24.2. The van der Waals surface area contributed by atoms with Gasteiger partial charge < -0.3 is 29.2 Å². The maximum Gasteiger partial charge on any atom is 0.261 e. The Hall–Kier alpha value is -3.19. The summed E-state index contributed by atoms with van der Waals surface area (Å²) >= 11 is 0. The summed E-state index contributed by atoms with van der Waals surface area (Å²) in [5.74, 6) is 0.347. The summed E-state index contributed by atoms with van der Waals surface area (Å²) in [6.07, 6.45) is 0.774. The van der Waals surface area contributed by atoms with Gasteiger partial charge in [-0.25, -0.2) is 8.42 Å². The van der Waals surface area contributed by atoms with E-state index in [2.05, 4.69) is 5.32 Å². The Labute approximate surface area is 242 Å². The normalized spacial score (nSPS) is 14.9. The highest BCUT2D eigenvalue weighted by atomic mass is 32.2. The molecule has 1 saturated heterocycles. The van der Waals surface area contributed by atoms with Crippen molar-refractivity contribution < 1.29 is 37.0 Å². The lowest BCUT2D eigenvalue weighted by atomic mass is 10.1. The quantitative estimate of drug-likeness (QED) is 0.314. The second-order valence-corrected chi connectivity index (χ2v) is 11.8. The lowest BCUT2D eigenvalue weighted by molar-refractivity contribution is -0.142. The fraction of sp³-hybridized carbons (Fsp3) is 0.517. The van der Waals surface area contributed by atoms with E-state index in [1.807, 2.05) is 26.0 Å². The van der Waals surface area contributed by atoms with Gasteiger partial charge in [-0.3, -0.25) is 9.59 Å². The van der Waals surface area contributed by atoms with Gasteiger partial charge in [0, 0.05) is 32.8 Å². The molecule has 0 aliphatic carbocycles. The van der Waals surface area contributed by atoms with Crippen LogP contribution in [0.15, 0.2) is 53.4 Å². The average molecular weight is 592 g/mol. The standard InChI is InChI=1S/C29H41N3O8S/c1-22(2)39-17-5-14-30-29(34)23(3)32(20-24-6-8-25(37-4)9-7-24)28(33)21-40-26-10-12-27(13-11-26)41(35,36)31-15-18-38-19-16-31/h6-13,22-23H,5,14-21H2,1-4H3,(H,30,34)/t23-/m0/s1. The molecule has 1 atom stereocenters. The van der Waals surface area contributed by atoms with E-state index >= 15 is 0 Å². The molecule has 2 amide bonds. The summed E-state index contributed by atoms with van der Waals surface area (Å²) in [4.78, 5) is 27.9. The zero-order chi connectivity index (χ0) is 29.8. The largest absolute Gasteiger partial charge is 0.497 e. The van der Waals surface area contributed by atoms with Crippen LogP contribution in [0.3, 0.4) is 0 Å². The molecule has 2 aromatic rings.